The summed E-state index contributed by atoms with van der Waals surface area (Å²) in [5, 5.41) is 9.08. The molecule has 13 heavy (non-hydrogen) atoms. The average molecular weight is 308 g/mol. The highest BCUT2D eigenvalue weighted by atomic mass is 127. The van der Waals surface area contributed by atoms with Gasteiger partial charge >= 0.3 is 0 Å². The molecule has 0 aromatic heterocycles. The van der Waals surface area contributed by atoms with Crippen LogP contribution in [0.5, 0.6) is 5.75 Å². The van der Waals surface area contributed by atoms with Crippen LogP contribution in [0, 0.1) is 14.9 Å². The van der Waals surface area contributed by atoms with E-state index in [1.807, 2.05) is 12.1 Å². The molecule has 0 atom stereocenters. The van der Waals surface area contributed by atoms with E-state index in [1.54, 1.807) is 7.11 Å². The van der Waals surface area contributed by atoms with Gasteiger partial charge in [0.05, 0.1) is 24.6 Å². The number of hydrogen-bond acceptors (Lipinski definition) is 2. The van der Waals surface area contributed by atoms with E-state index in [4.69, 9.17) is 21.6 Å². The lowest BCUT2D eigenvalue weighted by molar-refractivity contribution is 0.414. The Bertz CT molecular complexity index is 359. The Morgan fingerprint density at radius 1 is 1.62 bits per heavy atom. The van der Waals surface area contributed by atoms with Crippen molar-refractivity contribution in [3.63, 3.8) is 0 Å². The summed E-state index contributed by atoms with van der Waals surface area (Å²) in [5.74, 6) is 0.624. The van der Waals surface area contributed by atoms with Gasteiger partial charge in [0.1, 0.15) is 5.75 Å². The number of hydrogen-bond donors (Lipinski definition) is 0. The zero-order valence-corrected chi connectivity index (χ0v) is 9.89. The van der Waals surface area contributed by atoms with Crippen LogP contribution in [0.15, 0.2) is 12.1 Å². The van der Waals surface area contributed by atoms with Gasteiger partial charge in [-0.1, -0.05) is 11.6 Å². The molecule has 0 fully saturated rings. The summed E-state index contributed by atoms with van der Waals surface area (Å²) < 4.78 is 6.08. The van der Waals surface area contributed by atoms with Crippen molar-refractivity contribution in [3.05, 3.63) is 26.3 Å². The Labute approximate surface area is 95.6 Å². The molecule has 0 heterocycles. The summed E-state index contributed by atoms with van der Waals surface area (Å²) in [6.07, 6.45) is 0.312. The molecule has 0 radical (unpaired) electrons. The zero-order chi connectivity index (χ0) is 9.84. The lowest BCUT2D eigenvalue weighted by atomic mass is 10.1. The maximum Gasteiger partial charge on any atom is 0.138 e. The van der Waals surface area contributed by atoms with E-state index < -0.39 is 0 Å². The molecule has 0 aliphatic carbocycles. The molecule has 0 bridgehead atoms. The van der Waals surface area contributed by atoms with Crippen LogP contribution in [-0.2, 0) is 6.42 Å². The topological polar surface area (TPSA) is 33.0 Å². The van der Waals surface area contributed by atoms with Crippen molar-refractivity contribution < 1.29 is 4.74 Å². The summed E-state index contributed by atoms with van der Waals surface area (Å²) in [7, 11) is 1.56. The van der Waals surface area contributed by atoms with E-state index >= 15 is 0 Å². The van der Waals surface area contributed by atoms with Crippen molar-refractivity contribution in [1.29, 1.82) is 5.26 Å². The van der Waals surface area contributed by atoms with Crippen LogP contribution in [0.2, 0.25) is 5.02 Å². The molecule has 0 saturated carbocycles. The highest BCUT2D eigenvalue weighted by Crippen LogP contribution is 2.30. The molecule has 2 nitrogen and oxygen atoms in total. The fourth-order valence-electron chi connectivity index (χ4n) is 0.981. The first kappa shape index (κ1) is 10.6. The van der Waals surface area contributed by atoms with E-state index in [2.05, 4.69) is 28.7 Å². The van der Waals surface area contributed by atoms with Crippen LogP contribution in [0.4, 0.5) is 0 Å². The maximum absolute atomic E-state index is 8.55. The van der Waals surface area contributed by atoms with Crippen LogP contribution in [0.25, 0.3) is 0 Å². The Morgan fingerprint density at radius 3 is 2.85 bits per heavy atom. The van der Waals surface area contributed by atoms with E-state index in [0.717, 1.165) is 9.13 Å². The molecule has 1 aromatic carbocycles. The Kier molecular flexibility index (Phi) is 3.82. The molecule has 0 spiro atoms. The molecule has 0 amide bonds. The predicted octanol–water partition coefficient (Wildman–Crippen LogP) is 3.02. The van der Waals surface area contributed by atoms with Crippen LogP contribution < -0.4 is 4.74 Å². The molecule has 0 N–H and O–H groups in total. The SMILES string of the molecule is COc1cc(I)cc(CC#N)c1Cl. The van der Waals surface area contributed by atoms with Gasteiger partial charge in [-0.15, -0.1) is 0 Å². The van der Waals surface area contributed by atoms with Crippen LogP contribution >= 0.6 is 34.2 Å². The van der Waals surface area contributed by atoms with Gasteiger partial charge in [0.2, 0.25) is 0 Å². The van der Waals surface area contributed by atoms with Crippen LogP contribution in [0.3, 0.4) is 0 Å². The van der Waals surface area contributed by atoms with Crippen molar-refractivity contribution in [2.45, 2.75) is 6.42 Å². The van der Waals surface area contributed by atoms with Gasteiger partial charge in [0, 0.05) is 3.57 Å². The minimum Gasteiger partial charge on any atom is -0.495 e. The fraction of sp³-hybridized carbons (Fsp3) is 0.222. The highest BCUT2D eigenvalue weighted by Gasteiger charge is 2.07. The van der Waals surface area contributed by atoms with Crippen LogP contribution in [-0.4, -0.2) is 7.11 Å². The predicted molar refractivity (Wildman–Crippen MR) is 60.0 cm³/mol. The highest BCUT2D eigenvalue weighted by molar-refractivity contribution is 14.1. The number of rotatable bonds is 2. The Balaban J connectivity index is 3.20. The molecule has 0 aliphatic rings. The summed E-state index contributed by atoms with van der Waals surface area (Å²) >= 11 is 8.14. The second-order valence-corrected chi connectivity index (χ2v) is 4.04. The normalized spacial score (nSPS) is 9.38. The monoisotopic (exact) mass is 307 g/mol. The molecule has 1 rings (SSSR count). The van der Waals surface area contributed by atoms with E-state index in [1.165, 1.54) is 0 Å². The van der Waals surface area contributed by atoms with Gasteiger partial charge in [-0.25, -0.2) is 0 Å². The first-order valence-corrected chi connectivity index (χ1v) is 5.03. The summed E-state index contributed by atoms with van der Waals surface area (Å²) in [5.41, 5.74) is 0.813. The van der Waals surface area contributed by atoms with Gasteiger partial charge < -0.3 is 4.74 Å². The molecule has 0 saturated heterocycles. The number of methoxy groups -OCH3 is 1. The van der Waals surface area contributed by atoms with Crippen LogP contribution in [0.1, 0.15) is 5.56 Å². The molecule has 1 aromatic rings. The molecule has 4 heteroatoms. The van der Waals surface area contributed by atoms with Crippen molar-refractivity contribution in [3.8, 4) is 11.8 Å². The lowest BCUT2D eigenvalue weighted by Gasteiger charge is -2.06. The number of nitrogens with zero attached hydrogens (tertiary/aromatic N) is 1. The molecule has 0 unspecified atom stereocenters. The number of nitriles is 1. The smallest absolute Gasteiger partial charge is 0.138 e. The van der Waals surface area contributed by atoms with Crippen molar-refractivity contribution >= 4 is 34.2 Å². The number of halogens is 2. The Morgan fingerprint density at radius 2 is 2.31 bits per heavy atom. The van der Waals surface area contributed by atoms with Crippen molar-refractivity contribution in [2.75, 3.05) is 7.11 Å². The molecule has 68 valence electrons. The van der Waals surface area contributed by atoms with E-state index in [9.17, 15) is 0 Å². The number of benzene rings is 1. The third kappa shape index (κ3) is 2.48. The van der Waals surface area contributed by atoms with Gasteiger partial charge in [0.15, 0.2) is 0 Å². The molecule has 0 aliphatic heterocycles. The molecular formula is C9H7ClINO. The first-order valence-electron chi connectivity index (χ1n) is 3.58. The van der Waals surface area contributed by atoms with E-state index in [-0.39, 0.29) is 0 Å². The third-order valence-electron chi connectivity index (χ3n) is 1.57. The summed E-state index contributed by atoms with van der Waals surface area (Å²) in [6.45, 7) is 0. The largest absolute Gasteiger partial charge is 0.495 e. The standard InChI is InChI=1S/C9H7ClINO/c1-13-8-5-7(11)4-6(2-3-12)9(8)10/h4-5H,2H2,1H3. The summed E-state index contributed by atoms with van der Waals surface area (Å²) in [6, 6.07) is 5.78. The van der Waals surface area contributed by atoms with Gasteiger partial charge in [0.25, 0.3) is 0 Å². The first-order chi connectivity index (χ1) is 6.19. The quantitative estimate of drug-likeness (QED) is 0.787. The van der Waals surface area contributed by atoms with Gasteiger partial charge in [-0.2, -0.15) is 5.26 Å². The fourth-order valence-corrected chi connectivity index (χ4v) is 1.89. The minimum absolute atomic E-state index is 0.312. The summed E-state index contributed by atoms with van der Waals surface area (Å²) in [4.78, 5) is 0. The lowest BCUT2D eigenvalue weighted by Crippen LogP contribution is -1.91. The van der Waals surface area contributed by atoms with Crippen molar-refractivity contribution in [1.82, 2.24) is 0 Å². The minimum atomic E-state index is 0.312. The molecular weight excluding hydrogens is 300 g/mol. The average Bonchev–Trinajstić information content (AvgIpc) is 2.11. The second kappa shape index (κ2) is 4.68. The van der Waals surface area contributed by atoms with Gasteiger partial charge in [-0.3, -0.25) is 0 Å². The zero-order valence-electron chi connectivity index (χ0n) is 6.97. The Hall–Kier alpha value is -0.470. The third-order valence-corrected chi connectivity index (χ3v) is 2.62. The second-order valence-electron chi connectivity index (χ2n) is 2.42. The van der Waals surface area contributed by atoms with Crippen molar-refractivity contribution in [2.24, 2.45) is 0 Å². The maximum atomic E-state index is 8.55. The van der Waals surface area contributed by atoms with E-state index in [0.29, 0.717) is 17.2 Å². The number of ether oxygens (including phenoxy) is 1. The van der Waals surface area contributed by atoms with Gasteiger partial charge in [-0.05, 0) is 40.3 Å².